The summed E-state index contributed by atoms with van der Waals surface area (Å²) in [5, 5.41) is 11.9. The van der Waals surface area contributed by atoms with Gasteiger partial charge in [-0.1, -0.05) is 0 Å². The van der Waals surface area contributed by atoms with Gasteiger partial charge in [0.15, 0.2) is 11.5 Å². The number of aromatic carboxylic acids is 1. The molecule has 136 valence electrons. The molecule has 0 spiro atoms. The summed E-state index contributed by atoms with van der Waals surface area (Å²) in [5.41, 5.74) is 0.170. The molecule has 0 bridgehead atoms. The van der Waals surface area contributed by atoms with Crippen LogP contribution in [-0.2, 0) is 4.79 Å². The average molecular weight is 359 g/mol. The van der Waals surface area contributed by atoms with Crippen LogP contribution < -0.4 is 19.5 Å². The predicted octanol–water partition coefficient (Wildman–Crippen LogP) is 2.58. The Kier molecular flexibility index (Phi) is 5.79. The number of hydrogen-bond acceptors (Lipinski definition) is 6. The molecule has 0 aromatic heterocycles. The SMILES string of the molecule is COc1cc(NC(=O)c2ccc(OC(C)=O)cc2)c(C(=O)O)cc1OC. The van der Waals surface area contributed by atoms with Gasteiger partial charge in [0.2, 0.25) is 0 Å². The van der Waals surface area contributed by atoms with E-state index < -0.39 is 17.8 Å². The van der Waals surface area contributed by atoms with E-state index in [9.17, 15) is 19.5 Å². The van der Waals surface area contributed by atoms with E-state index in [2.05, 4.69) is 5.32 Å². The molecule has 2 aromatic carbocycles. The van der Waals surface area contributed by atoms with Crippen molar-refractivity contribution < 1.29 is 33.7 Å². The maximum atomic E-state index is 12.4. The van der Waals surface area contributed by atoms with Gasteiger partial charge in [-0.05, 0) is 24.3 Å². The highest BCUT2D eigenvalue weighted by atomic mass is 16.5. The Morgan fingerprint density at radius 1 is 0.962 bits per heavy atom. The van der Waals surface area contributed by atoms with E-state index in [1.807, 2.05) is 0 Å². The van der Waals surface area contributed by atoms with Crippen LogP contribution in [0.4, 0.5) is 5.69 Å². The van der Waals surface area contributed by atoms with Gasteiger partial charge in [-0.2, -0.15) is 0 Å². The van der Waals surface area contributed by atoms with E-state index >= 15 is 0 Å². The van der Waals surface area contributed by atoms with Crippen molar-refractivity contribution in [1.82, 2.24) is 0 Å². The summed E-state index contributed by atoms with van der Waals surface area (Å²) in [6.45, 7) is 1.27. The number of methoxy groups -OCH3 is 2. The topological polar surface area (TPSA) is 111 Å². The Balaban J connectivity index is 2.30. The first kappa shape index (κ1) is 18.8. The van der Waals surface area contributed by atoms with Gasteiger partial charge >= 0.3 is 11.9 Å². The summed E-state index contributed by atoms with van der Waals surface area (Å²) in [6.07, 6.45) is 0. The number of rotatable bonds is 6. The molecule has 8 nitrogen and oxygen atoms in total. The van der Waals surface area contributed by atoms with Crippen molar-refractivity contribution >= 4 is 23.5 Å². The lowest BCUT2D eigenvalue weighted by molar-refractivity contribution is -0.131. The number of anilines is 1. The maximum absolute atomic E-state index is 12.4. The fourth-order valence-corrected chi connectivity index (χ4v) is 2.19. The number of carboxylic acids is 1. The normalized spacial score (nSPS) is 9.96. The van der Waals surface area contributed by atoms with Crippen molar-refractivity contribution in [1.29, 1.82) is 0 Å². The van der Waals surface area contributed by atoms with Crippen LogP contribution in [0.5, 0.6) is 17.2 Å². The number of carbonyl (C=O) groups excluding carboxylic acids is 2. The number of nitrogens with one attached hydrogen (secondary N) is 1. The zero-order valence-corrected chi connectivity index (χ0v) is 14.4. The van der Waals surface area contributed by atoms with Crippen LogP contribution in [0.2, 0.25) is 0 Å². The lowest BCUT2D eigenvalue weighted by atomic mass is 10.1. The first-order valence-electron chi connectivity index (χ1n) is 7.45. The molecule has 2 N–H and O–H groups in total. The van der Waals surface area contributed by atoms with Gasteiger partial charge in [-0.25, -0.2) is 4.79 Å². The van der Waals surface area contributed by atoms with Crippen molar-refractivity contribution in [3.63, 3.8) is 0 Å². The molecule has 8 heteroatoms. The van der Waals surface area contributed by atoms with Crippen molar-refractivity contribution in [2.75, 3.05) is 19.5 Å². The van der Waals surface area contributed by atoms with E-state index in [-0.39, 0.29) is 28.3 Å². The van der Waals surface area contributed by atoms with Gasteiger partial charge in [-0.3, -0.25) is 9.59 Å². The number of amides is 1. The van der Waals surface area contributed by atoms with Gasteiger partial charge in [0.25, 0.3) is 5.91 Å². The molecule has 0 fully saturated rings. The summed E-state index contributed by atoms with van der Waals surface area (Å²) in [5.74, 6) is -1.43. The van der Waals surface area contributed by atoms with Crippen LogP contribution >= 0.6 is 0 Å². The quantitative estimate of drug-likeness (QED) is 0.602. The third kappa shape index (κ3) is 4.29. The first-order valence-corrected chi connectivity index (χ1v) is 7.45. The highest BCUT2D eigenvalue weighted by Crippen LogP contribution is 2.33. The van der Waals surface area contributed by atoms with E-state index in [1.165, 1.54) is 57.5 Å². The third-order valence-corrected chi connectivity index (χ3v) is 3.38. The van der Waals surface area contributed by atoms with Crippen molar-refractivity contribution in [3.8, 4) is 17.2 Å². The Hall–Kier alpha value is -3.55. The standard InChI is InChI=1S/C18H17NO7/c1-10(20)26-12-6-4-11(5-7-12)17(21)19-14-9-16(25-3)15(24-2)8-13(14)18(22)23/h4-9H,1-3H3,(H,19,21)(H,22,23). The highest BCUT2D eigenvalue weighted by Gasteiger charge is 2.18. The molecule has 1 amide bonds. The van der Waals surface area contributed by atoms with E-state index in [0.717, 1.165) is 0 Å². The van der Waals surface area contributed by atoms with Gasteiger partial charge in [0, 0.05) is 24.6 Å². The van der Waals surface area contributed by atoms with Gasteiger partial charge < -0.3 is 24.6 Å². The molecule has 2 aromatic rings. The highest BCUT2D eigenvalue weighted by molar-refractivity contribution is 6.08. The number of ether oxygens (including phenoxy) is 3. The number of benzene rings is 2. The largest absolute Gasteiger partial charge is 0.493 e. The van der Waals surface area contributed by atoms with Crippen molar-refractivity contribution in [2.24, 2.45) is 0 Å². The monoisotopic (exact) mass is 359 g/mol. The van der Waals surface area contributed by atoms with Crippen LogP contribution in [0.1, 0.15) is 27.6 Å². The molecule has 0 saturated carbocycles. The Morgan fingerprint density at radius 2 is 1.54 bits per heavy atom. The second-order valence-corrected chi connectivity index (χ2v) is 5.13. The summed E-state index contributed by atoms with van der Waals surface area (Å²) in [6, 6.07) is 8.46. The zero-order chi connectivity index (χ0) is 19.3. The van der Waals surface area contributed by atoms with Gasteiger partial charge in [0.05, 0.1) is 25.5 Å². The smallest absolute Gasteiger partial charge is 0.337 e. The number of carbonyl (C=O) groups is 3. The molecular formula is C18H17NO7. The molecular weight excluding hydrogens is 342 g/mol. The lowest BCUT2D eigenvalue weighted by Crippen LogP contribution is -2.15. The van der Waals surface area contributed by atoms with Gasteiger partial charge in [0.1, 0.15) is 5.75 Å². The number of hydrogen-bond donors (Lipinski definition) is 2. The maximum Gasteiger partial charge on any atom is 0.337 e. The Labute approximate surface area is 149 Å². The molecule has 0 radical (unpaired) electrons. The van der Waals surface area contributed by atoms with E-state index in [1.54, 1.807) is 0 Å². The summed E-state index contributed by atoms with van der Waals surface area (Å²) in [4.78, 5) is 34.8. The zero-order valence-electron chi connectivity index (χ0n) is 14.4. The van der Waals surface area contributed by atoms with E-state index in [0.29, 0.717) is 5.75 Å². The second-order valence-electron chi connectivity index (χ2n) is 5.13. The van der Waals surface area contributed by atoms with Crippen molar-refractivity contribution in [2.45, 2.75) is 6.92 Å². The molecule has 0 heterocycles. The fraction of sp³-hybridized carbons (Fsp3) is 0.167. The Morgan fingerprint density at radius 3 is 2.04 bits per heavy atom. The number of esters is 1. The van der Waals surface area contributed by atoms with Crippen LogP contribution in [-0.4, -0.2) is 37.2 Å². The second kappa shape index (κ2) is 8.02. The Bertz CT molecular complexity index is 843. The summed E-state index contributed by atoms with van der Waals surface area (Å²) < 4.78 is 15.1. The third-order valence-electron chi connectivity index (χ3n) is 3.38. The fourth-order valence-electron chi connectivity index (χ4n) is 2.19. The molecule has 26 heavy (non-hydrogen) atoms. The molecule has 0 atom stereocenters. The van der Waals surface area contributed by atoms with Gasteiger partial charge in [-0.15, -0.1) is 0 Å². The van der Waals surface area contributed by atoms with Crippen LogP contribution in [0.3, 0.4) is 0 Å². The summed E-state index contributed by atoms with van der Waals surface area (Å²) in [7, 11) is 2.78. The minimum atomic E-state index is -1.23. The first-order chi connectivity index (χ1) is 12.3. The van der Waals surface area contributed by atoms with E-state index in [4.69, 9.17) is 14.2 Å². The number of carboxylic acid groups (broad SMARTS) is 1. The lowest BCUT2D eigenvalue weighted by Gasteiger charge is -2.14. The molecule has 0 unspecified atom stereocenters. The van der Waals surface area contributed by atoms with Crippen LogP contribution in [0, 0.1) is 0 Å². The minimum absolute atomic E-state index is 0.0595. The predicted molar refractivity (Wildman–Crippen MR) is 92.2 cm³/mol. The summed E-state index contributed by atoms with van der Waals surface area (Å²) >= 11 is 0. The van der Waals surface area contributed by atoms with Crippen LogP contribution in [0.25, 0.3) is 0 Å². The minimum Gasteiger partial charge on any atom is -0.493 e. The molecule has 0 aliphatic heterocycles. The average Bonchev–Trinajstić information content (AvgIpc) is 2.61. The van der Waals surface area contributed by atoms with Crippen LogP contribution in [0.15, 0.2) is 36.4 Å². The van der Waals surface area contributed by atoms with Crippen molar-refractivity contribution in [3.05, 3.63) is 47.5 Å². The molecule has 2 rings (SSSR count). The molecule has 0 saturated heterocycles. The molecule has 0 aliphatic rings. The molecule has 0 aliphatic carbocycles.